The topological polar surface area (TPSA) is 73.6 Å². The van der Waals surface area contributed by atoms with Crippen LogP contribution in [0.15, 0.2) is 48.9 Å². The predicted octanol–water partition coefficient (Wildman–Crippen LogP) is 2.79. The second-order valence-corrected chi connectivity index (χ2v) is 6.51. The van der Waals surface area contributed by atoms with E-state index in [1.54, 1.807) is 12.1 Å². The minimum atomic E-state index is -4.00. The van der Waals surface area contributed by atoms with Gasteiger partial charge in [0.05, 0.1) is 0 Å². The Hall–Kier alpha value is -1.60. The Bertz CT molecular complexity index is 791. The minimum Gasteiger partial charge on any atom is -0.427 e. The van der Waals surface area contributed by atoms with Crippen LogP contribution in [0.4, 0.5) is 0 Å². The second-order valence-electron chi connectivity index (χ2n) is 4.17. The fraction of sp³-hybridized carbons (Fsp3) is 0.154. The molecule has 0 atom stereocenters. The molecule has 2 rings (SSSR count). The maximum Gasteiger partial charge on any atom is 0.354 e. The average Bonchev–Trinajstić information content (AvgIpc) is 2.35. The Labute approximate surface area is 124 Å². The summed E-state index contributed by atoms with van der Waals surface area (Å²) in [4.78, 5) is 11.5. The van der Waals surface area contributed by atoms with Gasteiger partial charge in [0.25, 0.3) is 0 Å². The molecule has 0 aliphatic heterocycles. The van der Waals surface area contributed by atoms with Gasteiger partial charge in [0.15, 0.2) is 5.75 Å². The Morgan fingerprint density at radius 3 is 2.35 bits per heavy atom. The second kappa shape index (κ2) is 5.41. The molecule has 7 heteroatoms. The van der Waals surface area contributed by atoms with Gasteiger partial charge in [-0.25, -0.2) is 4.79 Å². The van der Waals surface area contributed by atoms with Crippen LogP contribution in [-0.4, -0.2) is 8.42 Å². The molecule has 0 spiro atoms. The van der Waals surface area contributed by atoms with E-state index in [0.717, 1.165) is 5.56 Å². The molecule has 0 saturated carbocycles. The van der Waals surface area contributed by atoms with Gasteiger partial charge in [0, 0.05) is 6.07 Å². The van der Waals surface area contributed by atoms with Crippen LogP contribution in [0.2, 0.25) is 0 Å². The smallest absolute Gasteiger partial charge is 0.354 e. The van der Waals surface area contributed by atoms with E-state index in [1.165, 1.54) is 25.1 Å². The van der Waals surface area contributed by atoms with Crippen LogP contribution in [0.3, 0.4) is 0 Å². The first-order valence-electron chi connectivity index (χ1n) is 5.61. The molecule has 0 saturated heterocycles. The number of hydrogen-bond acceptors (Lipinski definition) is 5. The van der Waals surface area contributed by atoms with E-state index in [9.17, 15) is 13.2 Å². The van der Waals surface area contributed by atoms with E-state index in [1.807, 2.05) is 6.92 Å². The zero-order chi connectivity index (χ0) is 14.9. The molecule has 1 aromatic carbocycles. The van der Waals surface area contributed by atoms with Crippen molar-refractivity contribution in [3.8, 4) is 5.75 Å². The molecule has 0 bridgehead atoms. The van der Waals surface area contributed by atoms with Gasteiger partial charge in [-0.3, -0.25) is 0 Å². The van der Waals surface area contributed by atoms with Crippen LogP contribution in [0.25, 0.3) is 0 Å². The zero-order valence-electron chi connectivity index (χ0n) is 10.7. The number of hydrogen-bond donors (Lipinski definition) is 0. The molecule has 0 unspecified atom stereocenters. The summed E-state index contributed by atoms with van der Waals surface area (Å²) in [6.07, 6.45) is 0. The molecular weight excluding hydrogens is 348 g/mol. The third kappa shape index (κ3) is 3.10. The fourth-order valence-corrected chi connectivity index (χ4v) is 2.82. The van der Waals surface area contributed by atoms with Crippen LogP contribution in [0.5, 0.6) is 5.75 Å². The number of halogens is 1. The quantitative estimate of drug-likeness (QED) is 0.788. The van der Waals surface area contributed by atoms with E-state index >= 15 is 0 Å². The van der Waals surface area contributed by atoms with E-state index in [0.29, 0.717) is 0 Å². The predicted molar refractivity (Wildman–Crippen MR) is 76.4 cm³/mol. The van der Waals surface area contributed by atoms with Crippen molar-refractivity contribution in [2.75, 3.05) is 0 Å². The van der Waals surface area contributed by atoms with Crippen LogP contribution < -0.4 is 9.81 Å². The lowest BCUT2D eigenvalue weighted by molar-refractivity contribution is 0.448. The first-order chi connectivity index (χ1) is 9.29. The molecule has 0 aliphatic rings. The lowest BCUT2D eigenvalue weighted by Crippen LogP contribution is -2.12. The van der Waals surface area contributed by atoms with Crippen LogP contribution >= 0.6 is 15.9 Å². The maximum atomic E-state index is 12.1. The highest BCUT2D eigenvalue weighted by Crippen LogP contribution is 2.26. The highest BCUT2D eigenvalue weighted by molar-refractivity contribution is 9.10. The lowest BCUT2D eigenvalue weighted by atomic mass is 10.2. The van der Waals surface area contributed by atoms with Crippen molar-refractivity contribution in [3.63, 3.8) is 0 Å². The molecular formula is C13H11BrO5S. The van der Waals surface area contributed by atoms with Gasteiger partial charge in [0.1, 0.15) is 15.1 Å². The average molecular weight is 359 g/mol. The van der Waals surface area contributed by atoms with Crippen LogP contribution in [0.1, 0.15) is 11.3 Å². The van der Waals surface area contributed by atoms with Crippen molar-refractivity contribution >= 4 is 26.0 Å². The molecule has 0 N–H and O–H groups in total. The molecule has 0 aliphatic carbocycles. The first-order valence-corrected chi connectivity index (χ1v) is 7.81. The summed E-state index contributed by atoms with van der Waals surface area (Å²) in [5.41, 5.74) is 0.237. The molecule has 5 nitrogen and oxygen atoms in total. The number of rotatable bonds is 3. The van der Waals surface area contributed by atoms with Crippen molar-refractivity contribution < 1.29 is 17.0 Å². The summed E-state index contributed by atoms with van der Waals surface area (Å²) >= 11 is 2.96. The Balaban J connectivity index is 2.43. The standard InChI is InChI=1S/C13H11BrO5S/c1-8-3-5-10(6-4-8)20(16,17)19-11-7-9(2)18-13(15)12(11)14/h3-7H,1-2H3. The summed E-state index contributed by atoms with van der Waals surface area (Å²) in [5.74, 6) is 0.159. The van der Waals surface area contributed by atoms with Gasteiger partial charge < -0.3 is 8.60 Å². The Morgan fingerprint density at radius 1 is 1.15 bits per heavy atom. The monoisotopic (exact) mass is 358 g/mol. The van der Waals surface area contributed by atoms with Crippen molar-refractivity contribution in [1.29, 1.82) is 0 Å². The van der Waals surface area contributed by atoms with Crippen molar-refractivity contribution in [1.82, 2.24) is 0 Å². The summed E-state index contributed by atoms with van der Waals surface area (Å²) in [6.45, 7) is 3.37. The molecule has 0 amide bonds. The molecule has 106 valence electrons. The molecule has 2 aromatic rings. The van der Waals surface area contributed by atoms with E-state index in [2.05, 4.69) is 15.9 Å². The zero-order valence-corrected chi connectivity index (χ0v) is 13.1. The molecule has 1 aromatic heterocycles. The highest BCUT2D eigenvalue weighted by Gasteiger charge is 2.20. The number of benzene rings is 1. The van der Waals surface area contributed by atoms with Gasteiger partial charge in [-0.15, -0.1) is 0 Å². The van der Waals surface area contributed by atoms with Crippen molar-refractivity contribution in [3.05, 3.63) is 56.5 Å². The first kappa shape index (κ1) is 14.8. The van der Waals surface area contributed by atoms with Crippen molar-refractivity contribution in [2.24, 2.45) is 0 Å². The minimum absolute atomic E-state index is 0.0147. The molecule has 1 heterocycles. The Morgan fingerprint density at radius 2 is 1.75 bits per heavy atom. The number of aryl methyl sites for hydroxylation is 2. The van der Waals surface area contributed by atoms with Crippen LogP contribution in [0, 0.1) is 13.8 Å². The fourth-order valence-electron chi connectivity index (χ4n) is 1.50. The summed E-state index contributed by atoms with van der Waals surface area (Å²) in [5, 5.41) is 0. The Kier molecular flexibility index (Phi) is 4.01. The van der Waals surface area contributed by atoms with Gasteiger partial charge >= 0.3 is 15.7 Å². The normalized spacial score (nSPS) is 11.3. The maximum absolute atomic E-state index is 12.1. The van der Waals surface area contributed by atoms with Crippen LogP contribution in [-0.2, 0) is 10.1 Å². The molecule has 0 fully saturated rings. The lowest BCUT2D eigenvalue weighted by Gasteiger charge is -2.08. The highest BCUT2D eigenvalue weighted by atomic mass is 79.9. The molecule has 20 heavy (non-hydrogen) atoms. The van der Waals surface area contributed by atoms with Gasteiger partial charge in [-0.2, -0.15) is 8.42 Å². The SMILES string of the molecule is Cc1ccc(S(=O)(=O)Oc2cc(C)oc(=O)c2Br)cc1. The third-order valence-corrected chi connectivity index (χ3v) is 4.46. The van der Waals surface area contributed by atoms with E-state index < -0.39 is 15.7 Å². The largest absolute Gasteiger partial charge is 0.427 e. The van der Waals surface area contributed by atoms with Gasteiger partial charge in [-0.1, -0.05) is 17.7 Å². The molecule has 0 radical (unpaired) electrons. The summed E-state index contributed by atoms with van der Waals surface area (Å²) in [6, 6.07) is 7.54. The van der Waals surface area contributed by atoms with Crippen molar-refractivity contribution in [2.45, 2.75) is 18.7 Å². The van der Waals surface area contributed by atoms with E-state index in [-0.39, 0.29) is 20.9 Å². The van der Waals surface area contributed by atoms with Gasteiger partial charge in [-0.05, 0) is 41.9 Å². The summed E-state index contributed by atoms with van der Waals surface area (Å²) < 4.78 is 33.9. The van der Waals surface area contributed by atoms with E-state index in [4.69, 9.17) is 8.60 Å². The van der Waals surface area contributed by atoms with Gasteiger partial charge in [0.2, 0.25) is 0 Å². The third-order valence-electron chi connectivity index (χ3n) is 2.49. The summed E-state index contributed by atoms with van der Waals surface area (Å²) in [7, 11) is -4.00.